The summed E-state index contributed by atoms with van der Waals surface area (Å²) in [5.74, 6) is -0.226. The van der Waals surface area contributed by atoms with Crippen LogP contribution in [0.1, 0.15) is 45.4 Å². The number of methoxy groups -OCH3 is 1. The van der Waals surface area contributed by atoms with Crippen LogP contribution in [-0.4, -0.2) is 51.7 Å². The number of hydrogen-bond acceptors (Lipinski definition) is 5. The molecule has 0 atom stereocenters. The van der Waals surface area contributed by atoms with Gasteiger partial charge < -0.3 is 18.9 Å². The SMILES string of the molecule is COCCCOC1CCC(OCCCOC(C)=O)CC1. The highest BCUT2D eigenvalue weighted by atomic mass is 16.5. The summed E-state index contributed by atoms with van der Waals surface area (Å²) in [6.07, 6.45) is 6.71. The Morgan fingerprint density at radius 3 is 1.85 bits per heavy atom. The number of carbonyl (C=O) groups is 1. The highest BCUT2D eigenvalue weighted by molar-refractivity contribution is 5.65. The van der Waals surface area contributed by atoms with Crippen molar-refractivity contribution < 1.29 is 23.7 Å². The molecule has 0 spiro atoms. The van der Waals surface area contributed by atoms with E-state index < -0.39 is 0 Å². The molecule has 0 amide bonds. The van der Waals surface area contributed by atoms with Gasteiger partial charge in [-0.3, -0.25) is 4.79 Å². The third-order valence-corrected chi connectivity index (χ3v) is 3.42. The molecule has 1 aliphatic rings. The summed E-state index contributed by atoms with van der Waals surface area (Å²) in [4.78, 5) is 10.6. The molecular weight excluding hydrogens is 260 g/mol. The highest BCUT2D eigenvalue weighted by Gasteiger charge is 2.21. The van der Waals surface area contributed by atoms with E-state index in [2.05, 4.69) is 0 Å². The van der Waals surface area contributed by atoms with Crippen LogP contribution in [0.4, 0.5) is 0 Å². The lowest BCUT2D eigenvalue weighted by Gasteiger charge is -2.28. The fourth-order valence-corrected chi connectivity index (χ4v) is 2.34. The average Bonchev–Trinajstić information content (AvgIpc) is 2.44. The molecule has 20 heavy (non-hydrogen) atoms. The van der Waals surface area contributed by atoms with Gasteiger partial charge in [0.15, 0.2) is 0 Å². The fourth-order valence-electron chi connectivity index (χ4n) is 2.34. The van der Waals surface area contributed by atoms with Crippen LogP contribution in [0.3, 0.4) is 0 Å². The van der Waals surface area contributed by atoms with E-state index in [1.54, 1.807) is 7.11 Å². The molecule has 0 bridgehead atoms. The zero-order valence-corrected chi connectivity index (χ0v) is 12.8. The minimum atomic E-state index is -0.226. The Morgan fingerprint density at radius 1 is 0.900 bits per heavy atom. The lowest BCUT2D eigenvalue weighted by atomic mass is 9.95. The molecular formula is C15H28O5. The standard InChI is InChI=1S/C15H28O5/c1-13(16)18-10-4-12-20-15-7-5-14(6-8-15)19-11-3-9-17-2/h14-15H,3-12H2,1-2H3. The van der Waals surface area contributed by atoms with Gasteiger partial charge in [-0.1, -0.05) is 0 Å². The quantitative estimate of drug-likeness (QED) is 0.456. The van der Waals surface area contributed by atoms with Crippen LogP contribution in [0.15, 0.2) is 0 Å². The average molecular weight is 288 g/mol. The first-order chi connectivity index (χ1) is 9.72. The Bertz CT molecular complexity index is 249. The van der Waals surface area contributed by atoms with Crippen molar-refractivity contribution in [1.29, 1.82) is 0 Å². The molecule has 0 aromatic rings. The van der Waals surface area contributed by atoms with E-state index in [1.807, 2.05) is 0 Å². The summed E-state index contributed by atoms with van der Waals surface area (Å²) in [7, 11) is 1.71. The third kappa shape index (κ3) is 8.51. The Labute approximate surface area is 121 Å². The van der Waals surface area contributed by atoms with Crippen molar-refractivity contribution in [3.63, 3.8) is 0 Å². The van der Waals surface area contributed by atoms with Crippen LogP contribution >= 0.6 is 0 Å². The second-order valence-corrected chi connectivity index (χ2v) is 5.18. The molecule has 0 aromatic heterocycles. The van der Waals surface area contributed by atoms with Crippen LogP contribution in [0, 0.1) is 0 Å². The first kappa shape index (κ1) is 17.4. The Hall–Kier alpha value is -0.650. The van der Waals surface area contributed by atoms with E-state index in [0.717, 1.165) is 51.7 Å². The first-order valence-corrected chi connectivity index (χ1v) is 7.58. The van der Waals surface area contributed by atoms with Crippen molar-refractivity contribution in [2.24, 2.45) is 0 Å². The molecule has 1 aliphatic carbocycles. The Balaban J connectivity index is 1.94. The predicted octanol–water partition coefficient (Wildman–Crippen LogP) is 2.32. The minimum Gasteiger partial charge on any atom is -0.466 e. The molecule has 118 valence electrons. The van der Waals surface area contributed by atoms with Crippen molar-refractivity contribution in [2.75, 3.05) is 33.5 Å². The summed E-state index contributed by atoms with van der Waals surface area (Å²) in [6, 6.07) is 0. The number of rotatable bonds is 10. The molecule has 1 fully saturated rings. The zero-order valence-electron chi connectivity index (χ0n) is 12.8. The molecule has 0 aliphatic heterocycles. The Morgan fingerprint density at radius 2 is 1.40 bits per heavy atom. The van der Waals surface area contributed by atoms with E-state index in [4.69, 9.17) is 18.9 Å². The molecule has 0 radical (unpaired) electrons. The van der Waals surface area contributed by atoms with Crippen LogP contribution in [-0.2, 0) is 23.7 Å². The lowest BCUT2D eigenvalue weighted by Crippen LogP contribution is -2.27. The van der Waals surface area contributed by atoms with Crippen molar-refractivity contribution in [3.05, 3.63) is 0 Å². The predicted molar refractivity (Wildman–Crippen MR) is 75.7 cm³/mol. The zero-order chi connectivity index (χ0) is 14.6. The maximum atomic E-state index is 10.6. The van der Waals surface area contributed by atoms with Crippen LogP contribution in [0.2, 0.25) is 0 Å². The number of esters is 1. The van der Waals surface area contributed by atoms with Gasteiger partial charge in [-0.15, -0.1) is 0 Å². The normalized spacial score (nSPS) is 22.7. The van der Waals surface area contributed by atoms with Crippen molar-refractivity contribution >= 4 is 5.97 Å². The molecule has 0 aromatic carbocycles. The second kappa shape index (κ2) is 11.1. The van der Waals surface area contributed by atoms with Gasteiger partial charge in [-0.2, -0.15) is 0 Å². The van der Waals surface area contributed by atoms with Crippen LogP contribution in [0.5, 0.6) is 0 Å². The van der Waals surface area contributed by atoms with Gasteiger partial charge in [0.25, 0.3) is 0 Å². The fraction of sp³-hybridized carbons (Fsp3) is 0.933. The summed E-state index contributed by atoms with van der Waals surface area (Å²) < 4.78 is 21.5. The Kier molecular flexibility index (Phi) is 9.62. The summed E-state index contributed by atoms with van der Waals surface area (Å²) >= 11 is 0. The summed E-state index contributed by atoms with van der Waals surface area (Å²) in [5.41, 5.74) is 0. The van der Waals surface area contributed by atoms with Crippen molar-refractivity contribution in [3.8, 4) is 0 Å². The van der Waals surface area contributed by atoms with Gasteiger partial charge in [0.05, 0.1) is 25.4 Å². The van der Waals surface area contributed by atoms with Gasteiger partial charge in [0.2, 0.25) is 0 Å². The molecule has 0 N–H and O–H groups in total. The number of ether oxygens (including phenoxy) is 4. The molecule has 0 heterocycles. The van der Waals surface area contributed by atoms with Crippen molar-refractivity contribution in [2.45, 2.75) is 57.7 Å². The highest BCUT2D eigenvalue weighted by Crippen LogP contribution is 2.23. The number of hydrogen-bond donors (Lipinski definition) is 0. The largest absolute Gasteiger partial charge is 0.466 e. The summed E-state index contributed by atoms with van der Waals surface area (Å²) in [6.45, 7) is 4.09. The monoisotopic (exact) mass is 288 g/mol. The number of carbonyl (C=O) groups excluding carboxylic acids is 1. The third-order valence-electron chi connectivity index (χ3n) is 3.42. The van der Waals surface area contributed by atoms with Gasteiger partial charge in [0.1, 0.15) is 0 Å². The van der Waals surface area contributed by atoms with Crippen LogP contribution < -0.4 is 0 Å². The van der Waals surface area contributed by atoms with Gasteiger partial charge in [0, 0.05) is 33.7 Å². The minimum absolute atomic E-state index is 0.226. The molecule has 5 nitrogen and oxygen atoms in total. The lowest BCUT2D eigenvalue weighted by molar-refractivity contribution is -0.141. The molecule has 0 saturated heterocycles. The maximum Gasteiger partial charge on any atom is 0.302 e. The second-order valence-electron chi connectivity index (χ2n) is 5.18. The van der Waals surface area contributed by atoms with Gasteiger partial charge in [-0.25, -0.2) is 0 Å². The van der Waals surface area contributed by atoms with E-state index >= 15 is 0 Å². The van der Waals surface area contributed by atoms with Gasteiger partial charge >= 0.3 is 5.97 Å². The van der Waals surface area contributed by atoms with E-state index in [1.165, 1.54) is 6.92 Å². The smallest absolute Gasteiger partial charge is 0.302 e. The molecule has 5 heteroatoms. The molecule has 0 unspecified atom stereocenters. The van der Waals surface area contributed by atoms with E-state index in [9.17, 15) is 4.79 Å². The first-order valence-electron chi connectivity index (χ1n) is 7.58. The van der Waals surface area contributed by atoms with Crippen LogP contribution in [0.25, 0.3) is 0 Å². The van der Waals surface area contributed by atoms with E-state index in [0.29, 0.717) is 25.4 Å². The van der Waals surface area contributed by atoms with E-state index in [-0.39, 0.29) is 5.97 Å². The molecule has 1 rings (SSSR count). The van der Waals surface area contributed by atoms with Crippen molar-refractivity contribution in [1.82, 2.24) is 0 Å². The summed E-state index contributed by atoms with van der Waals surface area (Å²) in [5, 5.41) is 0. The topological polar surface area (TPSA) is 54.0 Å². The van der Waals surface area contributed by atoms with Gasteiger partial charge in [-0.05, 0) is 32.1 Å². The molecule has 1 saturated carbocycles. The maximum absolute atomic E-state index is 10.6.